The highest BCUT2D eigenvalue weighted by Crippen LogP contribution is 2.19. The Morgan fingerprint density at radius 2 is 2.29 bits per heavy atom. The number of ether oxygens (including phenoxy) is 1. The molecule has 0 aliphatic carbocycles. The van der Waals surface area contributed by atoms with E-state index in [0.717, 1.165) is 0 Å². The van der Waals surface area contributed by atoms with Gasteiger partial charge in [-0.25, -0.2) is 0 Å². The Balaban J connectivity index is 2.33. The summed E-state index contributed by atoms with van der Waals surface area (Å²) in [7, 11) is 0. The van der Waals surface area contributed by atoms with Gasteiger partial charge < -0.3 is 14.6 Å². The van der Waals surface area contributed by atoms with Crippen molar-refractivity contribution >= 4 is 5.97 Å². The number of carboxylic acids is 1. The van der Waals surface area contributed by atoms with Crippen LogP contribution in [0.3, 0.4) is 0 Å². The summed E-state index contributed by atoms with van der Waals surface area (Å²) in [5.74, 6) is -1.10. The van der Waals surface area contributed by atoms with Crippen LogP contribution in [-0.4, -0.2) is 18.2 Å². The van der Waals surface area contributed by atoms with Gasteiger partial charge in [-0.3, -0.25) is 0 Å². The lowest BCUT2D eigenvalue weighted by Crippen LogP contribution is -2.28. The second kappa shape index (κ2) is 1.20. The number of carbonyl (C=O) groups is 1. The molecule has 0 aromatic rings. The summed E-state index contributed by atoms with van der Waals surface area (Å²) in [4.78, 5) is 9.74. The molecule has 40 valence electrons. The molecule has 1 rings (SSSR count). The zero-order chi connectivity index (χ0) is 5.44. The average molecular weight is 101 g/mol. The van der Waals surface area contributed by atoms with Crippen LogP contribution in [0.5, 0.6) is 0 Å². The number of rotatable bonds is 1. The van der Waals surface area contributed by atoms with Gasteiger partial charge in [0.2, 0.25) is 0 Å². The fourth-order valence-corrected chi connectivity index (χ4v) is 0.433. The summed E-state index contributed by atoms with van der Waals surface area (Å²) in [6.07, 6.45) is -0.745. The maximum absolute atomic E-state index is 9.74. The van der Waals surface area contributed by atoms with Crippen LogP contribution in [0, 0.1) is 0 Å². The molecule has 0 unspecified atom stereocenters. The van der Waals surface area contributed by atoms with E-state index in [1.54, 1.807) is 6.92 Å². The summed E-state index contributed by atoms with van der Waals surface area (Å²) in [5, 5.41) is 9.74. The Bertz CT molecular complexity index is 99.1. The van der Waals surface area contributed by atoms with Crippen molar-refractivity contribution in [2.24, 2.45) is 0 Å². The number of carbonyl (C=O) groups excluding carboxylic acids is 1. The third kappa shape index (κ3) is 0.718. The second-order valence-corrected chi connectivity index (χ2v) is 1.58. The summed E-state index contributed by atoms with van der Waals surface area (Å²) < 4.78 is 4.52. The standard InChI is InChI=1S/C4H6O3/c1-2-3(7-2)4(5)6/h2-3H,1H3,(H,5,6)/p-1/t2-,3-/m1/s1. The van der Waals surface area contributed by atoms with Crippen molar-refractivity contribution in [1.29, 1.82) is 0 Å². The number of aliphatic carboxylic acids is 1. The molecule has 2 atom stereocenters. The first kappa shape index (κ1) is 4.59. The van der Waals surface area contributed by atoms with E-state index >= 15 is 0 Å². The van der Waals surface area contributed by atoms with Crippen molar-refractivity contribution in [1.82, 2.24) is 0 Å². The first-order chi connectivity index (χ1) is 3.22. The maximum atomic E-state index is 9.74. The zero-order valence-electron chi connectivity index (χ0n) is 3.88. The fraction of sp³-hybridized carbons (Fsp3) is 0.750. The highest BCUT2D eigenvalue weighted by molar-refractivity contribution is 5.73. The molecule has 1 fully saturated rings. The molecule has 3 heteroatoms. The minimum Gasteiger partial charge on any atom is -0.547 e. The predicted octanol–water partition coefficient (Wildman–Crippen LogP) is -1.48. The van der Waals surface area contributed by atoms with Gasteiger partial charge in [0.15, 0.2) is 0 Å². The van der Waals surface area contributed by atoms with E-state index in [4.69, 9.17) is 0 Å². The SMILES string of the molecule is C[C@H]1O[C@H]1C(=O)[O-]. The van der Waals surface area contributed by atoms with E-state index in [-0.39, 0.29) is 6.10 Å². The van der Waals surface area contributed by atoms with Crippen molar-refractivity contribution in [2.45, 2.75) is 19.1 Å². The van der Waals surface area contributed by atoms with Gasteiger partial charge >= 0.3 is 0 Å². The predicted molar refractivity (Wildman–Crippen MR) is 19.3 cm³/mol. The molecule has 3 nitrogen and oxygen atoms in total. The third-order valence-electron chi connectivity index (χ3n) is 0.943. The molecule has 7 heavy (non-hydrogen) atoms. The number of epoxide rings is 1. The van der Waals surface area contributed by atoms with Crippen LogP contribution in [0.4, 0.5) is 0 Å². The minimum atomic E-state index is -1.10. The summed E-state index contributed by atoms with van der Waals surface area (Å²) >= 11 is 0. The first-order valence-corrected chi connectivity index (χ1v) is 2.08. The van der Waals surface area contributed by atoms with Gasteiger partial charge in [0.25, 0.3) is 0 Å². The maximum Gasteiger partial charge on any atom is 0.123 e. The van der Waals surface area contributed by atoms with E-state index in [2.05, 4.69) is 4.74 Å². The van der Waals surface area contributed by atoms with E-state index in [0.29, 0.717) is 0 Å². The Hall–Kier alpha value is -0.570. The van der Waals surface area contributed by atoms with Crippen molar-refractivity contribution in [3.63, 3.8) is 0 Å². The molecule has 1 saturated heterocycles. The monoisotopic (exact) mass is 101 g/mol. The summed E-state index contributed by atoms with van der Waals surface area (Å²) in [6.45, 7) is 1.69. The molecular formula is C4H5O3-. The van der Waals surface area contributed by atoms with Gasteiger partial charge in [-0.05, 0) is 6.92 Å². The largest absolute Gasteiger partial charge is 0.547 e. The molecule has 0 amide bonds. The normalized spacial score (nSPS) is 37.9. The Morgan fingerprint density at radius 3 is 2.29 bits per heavy atom. The average Bonchev–Trinajstić information content (AvgIpc) is 2.17. The van der Waals surface area contributed by atoms with Crippen LogP contribution in [-0.2, 0) is 9.53 Å². The van der Waals surface area contributed by atoms with E-state index < -0.39 is 12.1 Å². The summed E-state index contributed by atoms with van der Waals surface area (Å²) in [6, 6.07) is 0. The highest BCUT2D eigenvalue weighted by Gasteiger charge is 2.35. The molecule has 0 saturated carbocycles. The van der Waals surface area contributed by atoms with Crippen LogP contribution in [0.15, 0.2) is 0 Å². The molecule has 0 aromatic carbocycles. The zero-order valence-corrected chi connectivity index (χ0v) is 3.88. The molecule has 0 aromatic heterocycles. The lowest BCUT2D eigenvalue weighted by molar-refractivity contribution is -0.307. The fourth-order valence-electron chi connectivity index (χ4n) is 0.433. The molecule has 1 aliphatic rings. The Kier molecular flexibility index (Phi) is 0.785. The van der Waals surface area contributed by atoms with Gasteiger partial charge in [0.05, 0.1) is 12.1 Å². The molecule has 0 spiro atoms. The molecule has 1 aliphatic heterocycles. The van der Waals surface area contributed by atoms with Crippen molar-refractivity contribution in [2.75, 3.05) is 0 Å². The van der Waals surface area contributed by atoms with Crippen molar-refractivity contribution in [3.8, 4) is 0 Å². The molecule has 0 bridgehead atoms. The topological polar surface area (TPSA) is 52.7 Å². The lowest BCUT2D eigenvalue weighted by atomic mass is 10.4. The molecule has 0 radical (unpaired) electrons. The van der Waals surface area contributed by atoms with Crippen LogP contribution in [0.2, 0.25) is 0 Å². The van der Waals surface area contributed by atoms with Crippen LogP contribution < -0.4 is 5.11 Å². The van der Waals surface area contributed by atoms with Gasteiger partial charge in [0, 0.05) is 0 Å². The molecule has 0 N–H and O–H groups in total. The Labute approximate surface area is 40.9 Å². The minimum absolute atomic E-state index is 0.120. The van der Waals surface area contributed by atoms with E-state index in [1.165, 1.54) is 0 Å². The summed E-state index contributed by atoms with van der Waals surface area (Å²) in [5.41, 5.74) is 0. The van der Waals surface area contributed by atoms with Crippen molar-refractivity contribution in [3.05, 3.63) is 0 Å². The van der Waals surface area contributed by atoms with Crippen LogP contribution >= 0.6 is 0 Å². The second-order valence-electron chi connectivity index (χ2n) is 1.58. The third-order valence-corrected chi connectivity index (χ3v) is 0.943. The van der Waals surface area contributed by atoms with Gasteiger partial charge in [-0.1, -0.05) is 0 Å². The highest BCUT2D eigenvalue weighted by atomic mass is 16.6. The number of hydrogen-bond acceptors (Lipinski definition) is 3. The van der Waals surface area contributed by atoms with Crippen molar-refractivity contribution < 1.29 is 14.6 Å². The van der Waals surface area contributed by atoms with E-state index in [9.17, 15) is 9.90 Å². The van der Waals surface area contributed by atoms with Crippen LogP contribution in [0.25, 0.3) is 0 Å². The van der Waals surface area contributed by atoms with Gasteiger partial charge in [-0.15, -0.1) is 0 Å². The van der Waals surface area contributed by atoms with E-state index in [1.807, 2.05) is 0 Å². The quantitative estimate of drug-likeness (QED) is 0.379. The molecule has 1 heterocycles. The van der Waals surface area contributed by atoms with Crippen LogP contribution in [0.1, 0.15) is 6.92 Å². The smallest absolute Gasteiger partial charge is 0.123 e. The van der Waals surface area contributed by atoms with Gasteiger partial charge in [-0.2, -0.15) is 0 Å². The Morgan fingerprint density at radius 1 is 1.86 bits per heavy atom. The number of hydrogen-bond donors (Lipinski definition) is 0. The molecular weight excluding hydrogens is 96.0 g/mol. The number of carboxylic acid groups (broad SMARTS) is 1. The first-order valence-electron chi connectivity index (χ1n) is 2.08. The lowest BCUT2D eigenvalue weighted by Gasteiger charge is -1.88. The van der Waals surface area contributed by atoms with Gasteiger partial charge in [0.1, 0.15) is 6.10 Å².